The zero-order valence-electron chi connectivity index (χ0n) is 20.1. The molecule has 2 heterocycles. The van der Waals surface area contributed by atoms with Gasteiger partial charge in [0.1, 0.15) is 5.82 Å². The van der Waals surface area contributed by atoms with Gasteiger partial charge in [0.15, 0.2) is 11.5 Å². The molecule has 36 heavy (non-hydrogen) atoms. The van der Waals surface area contributed by atoms with Gasteiger partial charge in [-0.15, -0.1) is 0 Å². The molecule has 10 heteroatoms. The number of pyridine rings is 1. The van der Waals surface area contributed by atoms with Crippen molar-refractivity contribution in [2.45, 2.75) is 19.4 Å². The lowest BCUT2D eigenvalue weighted by molar-refractivity contribution is -0.141. The quantitative estimate of drug-likeness (QED) is 0.360. The van der Waals surface area contributed by atoms with Crippen LogP contribution in [0.4, 0.5) is 4.39 Å². The Balaban J connectivity index is 1.77. The average Bonchev–Trinajstić information content (AvgIpc) is 3.27. The van der Waals surface area contributed by atoms with Crippen molar-refractivity contribution in [3.8, 4) is 22.8 Å². The predicted molar refractivity (Wildman–Crippen MR) is 128 cm³/mol. The smallest absolute Gasteiger partial charge is 0.307 e. The van der Waals surface area contributed by atoms with Gasteiger partial charge in [-0.3, -0.25) is 9.59 Å². The third-order valence-corrected chi connectivity index (χ3v) is 5.73. The van der Waals surface area contributed by atoms with Gasteiger partial charge in [-0.1, -0.05) is 23.4 Å². The van der Waals surface area contributed by atoms with Crippen molar-refractivity contribution in [1.82, 2.24) is 15.5 Å². The van der Waals surface area contributed by atoms with E-state index in [1.54, 1.807) is 43.3 Å². The second-order valence-corrected chi connectivity index (χ2v) is 7.90. The first kappa shape index (κ1) is 24.6. The number of amides is 1. The van der Waals surface area contributed by atoms with Crippen molar-refractivity contribution in [3.05, 3.63) is 71.2 Å². The molecular weight excluding hydrogens is 469 g/mol. The zero-order chi connectivity index (χ0) is 25.8. The Morgan fingerprint density at radius 3 is 2.50 bits per heavy atom. The molecule has 186 valence electrons. The number of carbonyl (C=O) groups is 2. The van der Waals surface area contributed by atoms with Gasteiger partial charge >= 0.3 is 5.97 Å². The molecule has 9 nitrogen and oxygen atoms in total. The number of ether oxygens (including phenoxy) is 3. The fourth-order valence-electron chi connectivity index (χ4n) is 3.89. The van der Waals surface area contributed by atoms with Crippen LogP contribution in [0.25, 0.3) is 22.4 Å². The van der Waals surface area contributed by atoms with Gasteiger partial charge in [0.2, 0.25) is 0 Å². The molecule has 0 fully saturated rings. The Morgan fingerprint density at radius 2 is 1.81 bits per heavy atom. The highest BCUT2D eigenvalue weighted by Gasteiger charge is 2.25. The monoisotopic (exact) mass is 493 g/mol. The SMILES string of the molecule is COC(=O)CC(NC(=O)c1cc(-c2ccccc2F)nc2onc(C)c12)c1ccc(OC)c(OC)c1. The summed E-state index contributed by atoms with van der Waals surface area (Å²) in [5.41, 5.74) is 1.71. The maximum absolute atomic E-state index is 14.5. The highest BCUT2D eigenvalue weighted by Crippen LogP contribution is 2.32. The first-order valence-corrected chi connectivity index (χ1v) is 11.0. The van der Waals surface area contributed by atoms with Crippen LogP contribution in [0.3, 0.4) is 0 Å². The number of carbonyl (C=O) groups excluding carboxylic acids is 2. The van der Waals surface area contributed by atoms with Crippen LogP contribution >= 0.6 is 0 Å². The molecule has 0 aliphatic heterocycles. The lowest BCUT2D eigenvalue weighted by Gasteiger charge is -2.20. The molecule has 0 aliphatic carbocycles. The number of rotatable bonds is 8. The molecule has 1 unspecified atom stereocenters. The van der Waals surface area contributed by atoms with Crippen LogP contribution < -0.4 is 14.8 Å². The van der Waals surface area contributed by atoms with Crippen LogP contribution in [0.15, 0.2) is 53.1 Å². The highest BCUT2D eigenvalue weighted by molar-refractivity contribution is 6.07. The first-order valence-electron chi connectivity index (χ1n) is 11.0. The third kappa shape index (κ3) is 4.83. The van der Waals surface area contributed by atoms with E-state index in [-0.39, 0.29) is 29.0 Å². The largest absolute Gasteiger partial charge is 0.493 e. The molecule has 2 aromatic heterocycles. The molecule has 2 aromatic carbocycles. The molecule has 0 bridgehead atoms. The number of hydrogen-bond donors (Lipinski definition) is 1. The van der Waals surface area contributed by atoms with Crippen molar-refractivity contribution in [1.29, 1.82) is 0 Å². The summed E-state index contributed by atoms with van der Waals surface area (Å²) in [5, 5.41) is 7.19. The summed E-state index contributed by atoms with van der Waals surface area (Å²) < 4.78 is 35.3. The van der Waals surface area contributed by atoms with Crippen molar-refractivity contribution >= 4 is 23.0 Å². The molecule has 0 radical (unpaired) electrons. The minimum atomic E-state index is -0.773. The summed E-state index contributed by atoms with van der Waals surface area (Å²) in [6.07, 6.45) is -0.144. The van der Waals surface area contributed by atoms with Crippen LogP contribution in [0.1, 0.15) is 34.1 Å². The van der Waals surface area contributed by atoms with E-state index >= 15 is 0 Å². The second-order valence-electron chi connectivity index (χ2n) is 7.90. The summed E-state index contributed by atoms with van der Waals surface area (Å²) in [7, 11) is 4.26. The minimum absolute atomic E-state index is 0.0917. The van der Waals surface area contributed by atoms with E-state index in [9.17, 15) is 14.0 Å². The van der Waals surface area contributed by atoms with Gasteiger partial charge in [0.05, 0.1) is 56.1 Å². The van der Waals surface area contributed by atoms with Crippen molar-refractivity contribution in [2.24, 2.45) is 0 Å². The van der Waals surface area contributed by atoms with E-state index in [0.29, 0.717) is 28.1 Å². The van der Waals surface area contributed by atoms with Crippen molar-refractivity contribution in [3.63, 3.8) is 0 Å². The number of benzene rings is 2. The third-order valence-electron chi connectivity index (χ3n) is 5.73. The van der Waals surface area contributed by atoms with E-state index in [0.717, 1.165) is 0 Å². The van der Waals surface area contributed by atoms with Crippen LogP contribution in [-0.2, 0) is 9.53 Å². The van der Waals surface area contributed by atoms with Gasteiger partial charge in [0.25, 0.3) is 11.6 Å². The topological polar surface area (TPSA) is 113 Å². The molecule has 1 amide bonds. The lowest BCUT2D eigenvalue weighted by atomic mass is 10.0. The van der Waals surface area contributed by atoms with Gasteiger partial charge in [-0.05, 0) is 42.8 Å². The van der Waals surface area contributed by atoms with Crippen LogP contribution in [0.5, 0.6) is 11.5 Å². The molecule has 1 N–H and O–H groups in total. The number of aryl methyl sites for hydroxylation is 1. The average molecular weight is 493 g/mol. The number of methoxy groups -OCH3 is 3. The van der Waals surface area contributed by atoms with E-state index in [1.807, 2.05) is 0 Å². The Hall–Kier alpha value is -4.47. The van der Waals surface area contributed by atoms with Gasteiger partial charge < -0.3 is 24.1 Å². The predicted octanol–water partition coefficient (Wildman–Crippen LogP) is 4.39. The molecule has 0 aliphatic rings. The summed E-state index contributed by atoms with van der Waals surface area (Å²) in [4.78, 5) is 30.1. The van der Waals surface area contributed by atoms with E-state index in [4.69, 9.17) is 18.7 Å². The fraction of sp³-hybridized carbons (Fsp3) is 0.231. The summed E-state index contributed by atoms with van der Waals surface area (Å²) in [6.45, 7) is 1.67. The fourth-order valence-corrected chi connectivity index (χ4v) is 3.89. The normalized spacial score (nSPS) is 11.7. The van der Waals surface area contributed by atoms with E-state index in [1.165, 1.54) is 33.5 Å². The Morgan fingerprint density at radius 1 is 1.06 bits per heavy atom. The number of esters is 1. The van der Waals surface area contributed by atoms with E-state index in [2.05, 4.69) is 15.5 Å². The molecule has 0 saturated carbocycles. The highest BCUT2D eigenvalue weighted by atomic mass is 19.1. The van der Waals surface area contributed by atoms with Crippen molar-refractivity contribution < 1.29 is 32.7 Å². The van der Waals surface area contributed by atoms with Crippen LogP contribution in [-0.4, -0.2) is 43.3 Å². The van der Waals surface area contributed by atoms with Gasteiger partial charge in [0, 0.05) is 5.56 Å². The van der Waals surface area contributed by atoms with Gasteiger partial charge in [-0.2, -0.15) is 0 Å². The first-order chi connectivity index (χ1) is 17.4. The summed E-state index contributed by atoms with van der Waals surface area (Å²) in [6, 6.07) is 11.8. The Kier molecular flexibility index (Phi) is 7.14. The second kappa shape index (κ2) is 10.4. The summed E-state index contributed by atoms with van der Waals surface area (Å²) >= 11 is 0. The maximum atomic E-state index is 14.5. The van der Waals surface area contributed by atoms with E-state index < -0.39 is 23.7 Å². The van der Waals surface area contributed by atoms with Crippen LogP contribution in [0.2, 0.25) is 0 Å². The number of nitrogens with zero attached hydrogens (tertiary/aromatic N) is 2. The number of hydrogen-bond acceptors (Lipinski definition) is 8. The summed E-state index contributed by atoms with van der Waals surface area (Å²) in [5.74, 6) is -0.629. The molecule has 1 atom stereocenters. The Labute approximate surface area is 206 Å². The molecule has 4 rings (SSSR count). The standard InChI is InChI=1S/C26H24FN3O6/c1-14-24-17(12-20(29-26(24)36-30-14)16-7-5-6-8-18(16)27)25(32)28-19(13-23(31)35-4)15-9-10-21(33-2)22(11-15)34-3/h5-12,19H,13H2,1-4H3,(H,28,32). The zero-order valence-corrected chi connectivity index (χ0v) is 20.1. The van der Waals surface area contributed by atoms with Crippen LogP contribution in [0, 0.1) is 12.7 Å². The van der Waals surface area contributed by atoms with Gasteiger partial charge in [-0.25, -0.2) is 9.37 Å². The molecule has 0 spiro atoms. The maximum Gasteiger partial charge on any atom is 0.307 e. The molecule has 4 aromatic rings. The lowest BCUT2D eigenvalue weighted by Crippen LogP contribution is -2.31. The molecule has 0 saturated heterocycles. The number of nitrogens with one attached hydrogen (secondary N) is 1. The minimum Gasteiger partial charge on any atom is -0.493 e. The number of fused-ring (bicyclic) bond motifs is 1. The number of aromatic nitrogens is 2. The Bertz CT molecular complexity index is 1430. The number of halogens is 1. The molecular formula is C26H24FN3O6. The van der Waals surface area contributed by atoms with Crippen molar-refractivity contribution in [2.75, 3.05) is 21.3 Å².